The Bertz CT molecular complexity index is 1250. The zero-order chi connectivity index (χ0) is 30.2. The van der Waals surface area contributed by atoms with E-state index in [1.807, 2.05) is 30.3 Å². The van der Waals surface area contributed by atoms with Crippen LogP contribution in [0.2, 0.25) is 0 Å². The minimum absolute atomic E-state index is 0.134. The molecule has 1 saturated heterocycles. The van der Waals surface area contributed by atoms with Crippen LogP contribution in [-0.2, 0) is 25.7 Å². The number of likely N-dealkylation sites (N-methyl/N-ethyl adjacent to an activating group) is 1. The summed E-state index contributed by atoms with van der Waals surface area (Å²) in [6, 6.07) is 13.0. The Hall–Kier alpha value is -4.32. The number of nitro benzene ring substituents is 1. The summed E-state index contributed by atoms with van der Waals surface area (Å²) in [6.45, 7) is 3.97. The number of ether oxygens (including phenoxy) is 1. The lowest BCUT2D eigenvalue weighted by molar-refractivity contribution is -0.384. The summed E-state index contributed by atoms with van der Waals surface area (Å²) < 4.78 is 5.43. The van der Waals surface area contributed by atoms with E-state index in [1.54, 1.807) is 13.8 Å². The number of nitrogens with zero attached hydrogens (tertiary/aromatic N) is 3. The van der Waals surface area contributed by atoms with Crippen LogP contribution in [0.25, 0.3) is 0 Å². The predicted molar refractivity (Wildman–Crippen MR) is 150 cm³/mol. The fourth-order valence-electron chi connectivity index (χ4n) is 4.50. The third-order valence-electron chi connectivity index (χ3n) is 7.35. The maximum Gasteiger partial charge on any atom is 0.329 e. The Morgan fingerprint density at radius 2 is 1.80 bits per heavy atom. The smallest absolute Gasteiger partial charge is 0.329 e. The average molecular weight is 568 g/mol. The van der Waals surface area contributed by atoms with E-state index in [0.717, 1.165) is 5.56 Å². The predicted octanol–water partition coefficient (Wildman–Crippen LogP) is 2.40. The maximum absolute atomic E-state index is 13.0. The van der Waals surface area contributed by atoms with Gasteiger partial charge in [0, 0.05) is 37.8 Å². The van der Waals surface area contributed by atoms with Gasteiger partial charge in [-0.25, -0.2) is 4.79 Å². The van der Waals surface area contributed by atoms with Crippen molar-refractivity contribution in [1.29, 1.82) is 0 Å². The van der Waals surface area contributed by atoms with E-state index in [9.17, 15) is 29.3 Å². The molecule has 3 rings (SSSR count). The Labute approximate surface area is 239 Å². The van der Waals surface area contributed by atoms with E-state index >= 15 is 0 Å². The molecule has 0 saturated carbocycles. The van der Waals surface area contributed by atoms with Crippen LogP contribution in [0.4, 0.5) is 5.69 Å². The van der Waals surface area contributed by atoms with Gasteiger partial charge in [-0.3, -0.25) is 24.5 Å². The SMILES string of the molecule is CN(C(=O)c1ccc([N+](=O)[O-])cc1)C(C)(C)C(=O)NCCC[C@H](N)C(=O)N1CCC[C@H]1C(=O)OCc1ccccc1. The molecule has 1 heterocycles. The lowest BCUT2D eigenvalue weighted by Gasteiger charge is -2.34. The molecule has 3 amide bonds. The Kier molecular flexibility index (Phi) is 10.5. The molecular formula is C29H37N5O7. The molecule has 0 aromatic heterocycles. The summed E-state index contributed by atoms with van der Waals surface area (Å²) in [4.78, 5) is 64.5. The molecular weight excluding hydrogens is 530 g/mol. The molecule has 0 aliphatic carbocycles. The van der Waals surface area contributed by atoms with Gasteiger partial charge in [0.25, 0.3) is 11.6 Å². The van der Waals surface area contributed by atoms with Crippen LogP contribution in [0.1, 0.15) is 55.5 Å². The standard InChI is InChI=1S/C29H37N5O7/c1-29(2,32(3)25(35)21-13-15-22(16-14-21)34(39)40)28(38)31-17-7-11-23(30)26(36)33-18-8-12-24(33)27(37)41-19-20-9-5-4-6-10-20/h4-6,9-10,13-16,23-24H,7-8,11-12,17-19,30H2,1-3H3,(H,31,38)/t23-,24-/m0/s1. The summed E-state index contributed by atoms with van der Waals surface area (Å²) in [5.41, 5.74) is 5.87. The lowest BCUT2D eigenvalue weighted by atomic mass is 10.0. The number of nitrogens with two attached hydrogens (primary N) is 1. The summed E-state index contributed by atoms with van der Waals surface area (Å²) >= 11 is 0. The molecule has 0 spiro atoms. The monoisotopic (exact) mass is 567 g/mol. The number of esters is 1. The van der Waals surface area contributed by atoms with Gasteiger partial charge in [-0.05, 0) is 57.2 Å². The lowest BCUT2D eigenvalue weighted by Crippen LogP contribution is -2.55. The molecule has 0 unspecified atom stereocenters. The summed E-state index contributed by atoms with van der Waals surface area (Å²) in [5, 5.41) is 13.6. The van der Waals surface area contributed by atoms with Crippen LogP contribution < -0.4 is 11.1 Å². The highest BCUT2D eigenvalue weighted by Gasteiger charge is 2.38. The van der Waals surface area contributed by atoms with Crippen molar-refractivity contribution >= 4 is 29.4 Å². The fraction of sp³-hybridized carbons (Fsp3) is 0.448. The number of carbonyl (C=O) groups excluding carboxylic acids is 4. The molecule has 2 aromatic carbocycles. The van der Waals surface area contributed by atoms with Crippen LogP contribution in [0.3, 0.4) is 0 Å². The maximum atomic E-state index is 13.0. The molecule has 12 nitrogen and oxygen atoms in total. The Morgan fingerprint density at radius 1 is 1.15 bits per heavy atom. The van der Waals surface area contributed by atoms with Crippen molar-refractivity contribution in [2.45, 2.75) is 63.8 Å². The van der Waals surface area contributed by atoms with Gasteiger partial charge >= 0.3 is 5.97 Å². The highest BCUT2D eigenvalue weighted by Crippen LogP contribution is 2.21. The summed E-state index contributed by atoms with van der Waals surface area (Å²) in [6.07, 6.45) is 1.90. The number of hydrogen-bond donors (Lipinski definition) is 2. The van der Waals surface area contributed by atoms with Crippen LogP contribution in [0, 0.1) is 10.1 Å². The minimum Gasteiger partial charge on any atom is -0.459 e. The zero-order valence-electron chi connectivity index (χ0n) is 23.6. The first kappa shape index (κ1) is 31.2. The molecule has 2 atom stereocenters. The second-order valence-electron chi connectivity index (χ2n) is 10.5. The molecule has 220 valence electrons. The fourth-order valence-corrected chi connectivity index (χ4v) is 4.50. The summed E-state index contributed by atoms with van der Waals surface area (Å²) in [7, 11) is 1.48. The number of likely N-dealkylation sites (tertiary alicyclic amines) is 1. The van der Waals surface area contributed by atoms with E-state index in [0.29, 0.717) is 32.2 Å². The minimum atomic E-state index is -1.22. The number of hydrogen-bond acceptors (Lipinski definition) is 8. The topological polar surface area (TPSA) is 165 Å². The molecule has 0 bridgehead atoms. The highest BCUT2D eigenvalue weighted by molar-refractivity contribution is 5.99. The van der Waals surface area contributed by atoms with Gasteiger partial charge in [0.2, 0.25) is 11.8 Å². The molecule has 1 fully saturated rings. The van der Waals surface area contributed by atoms with Crippen LogP contribution in [0.5, 0.6) is 0 Å². The second-order valence-corrected chi connectivity index (χ2v) is 10.5. The quantitative estimate of drug-likeness (QED) is 0.171. The van der Waals surface area contributed by atoms with E-state index in [-0.39, 0.29) is 30.3 Å². The van der Waals surface area contributed by atoms with Crippen LogP contribution >= 0.6 is 0 Å². The van der Waals surface area contributed by atoms with Crippen molar-refractivity contribution < 1.29 is 28.8 Å². The third kappa shape index (κ3) is 7.88. The van der Waals surface area contributed by atoms with E-state index < -0.39 is 40.3 Å². The van der Waals surface area contributed by atoms with E-state index in [2.05, 4.69) is 5.32 Å². The third-order valence-corrected chi connectivity index (χ3v) is 7.35. The molecule has 0 radical (unpaired) electrons. The molecule has 3 N–H and O–H groups in total. The van der Waals surface area contributed by atoms with Crippen molar-refractivity contribution in [3.05, 3.63) is 75.8 Å². The van der Waals surface area contributed by atoms with Gasteiger partial charge in [0.15, 0.2) is 0 Å². The normalized spacial score (nSPS) is 15.6. The van der Waals surface area contributed by atoms with Crippen molar-refractivity contribution in [3.63, 3.8) is 0 Å². The van der Waals surface area contributed by atoms with Crippen molar-refractivity contribution in [1.82, 2.24) is 15.1 Å². The van der Waals surface area contributed by atoms with Crippen LogP contribution in [-0.4, -0.2) is 76.2 Å². The van der Waals surface area contributed by atoms with Gasteiger partial charge in [-0.2, -0.15) is 0 Å². The number of non-ortho nitro benzene ring substituents is 1. The second kappa shape index (κ2) is 13.8. The molecule has 1 aliphatic rings. The number of nitrogens with one attached hydrogen (secondary N) is 1. The summed E-state index contributed by atoms with van der Waals surface area (Å²) in [5.74, 6) is -1.65. The Morgan fingerprint density at radius 3 is 2.44 bits per heavy atom. The molecule has 1 aliphatic heterocycles. The number of benzene rings is 2. The zero-order valence-corrected chi connectivity index (χ0v) is 23.6. The van der Waals surface area contributed by atoms with Crippen molar-refractivity contribution in [3.8, 4) is 0 Å². The first-order valence-electron chi connectivity index (χ1n) is 13.5. The van der Waals surface area contributed by atoms with Gasteiger partial charge in [-0.1, -0.05) is 30.3 Å². The number of nitro groups is 1. The van der Waals surface area contributed by atoms with Crippen molar-refractivity contribution in [2.24, 2.45) is 5.73 Å². The van der Waals surface area contributed by atoms with Gasteiger partial charge in [-0.15, -0.1) is 0 Å². The van der Waals surface area contributed by atoms with Crippen LogP contribution in [0.15, 0.2) is 54.6 Å². The van der Waals surface area contributed by atoms with Gasteiger partial charge in [0.1, 0.15) is 18.2 Å². The first-order valence-corrected chi connectivity index (χ1v) is 13.5. The van der Waals surface area contributed by atoms with Gasteiger partial charge < -0.3 is 25.6 Å². The average Bonchev–Trinajstić information content (AvgIpc) is 3.47. The molecule has 2 aromatic rings. The van der Waals surface area contributed by atoms with Gasteiger partial charge in [0.05, 0.1) is 11.0 Å². The number of rotatable bonds is 12. The van der Waals surface area contributed by atoms with E-state index in [4.69, 9.17) is 10.5 Å². The van der Waals surface area contributed by atoms with Crippen molar-refractivity contribution in [2.75, 3.05) is 20.1 Å². The van der Waals surface area contributed by atoms with E-state index in [1.165, 1.54) is 41.1 Å². The molecule has 41 heavy (non-hydrogen) atoms. The number of amides is 3. The largest absolute Gasteiger partial charge is 0.459 e. The highest BCUT2D eigenvalue weighted by atomic mass is 16.6. The molecule has 12 heteroatoms. The Balaban J connectivity index is 1.45. The number of carbonyl (C=O) groups is 4. The first-order chi connectivity index (χ1) is 19.4.